The lowest BCUT2D eigenvalue weighted by atomic mass is 10.1. The molecule has 4 nitrogen and oxygen atoms in total. The minimum atomic E-state index is 0.0192. The molecule has 0 aliphatic carbocycles. The number of amides is 1. The minimum absolute atomic E-state index is 0.0192. The van der Waals surface area contributed by atoms with Crippen LogP contribution < -0.4 is 5.32 Å². The molecule has 0 atom stereocenters. The normalized spacial score (nSPS) is 9.90. The number of nitrogens with one attached hydrogen (secondary N) is 1. The predicted octanol–water partition coefficient (Wildman–Crippen LogP) is 3.18. The van der Waals surface area contributed by atoms with E-state index in [9.17, 15) is 4.79 Å². The molecular formula is C15H22N2O2S. The van der Waals surface area contributed by atoms with E-state index in [1.807, 2.05) is 0 Å². The molecule has 2 N–H and O–H groups in total. The Balaban J connectivity index is 2.27. The number of carbonyl (C=O) groups excluding carboxylic acids is 1. The smallest absolute Gasteiger partial charge is 0.226 e. The summed E-state index contributed by atoms with van der Waals surface area (Å²) in [5.41, 5.74) is 0. The van der Waals surface area contributed by atoms with Gasteiger partial charge in [-0.15, -0.1) is 0 Å². The number of unbranched alkanes of at least 4 members (excludes halogenated alkanes) is 4. The summed E-state index contributed by atoms with van der Waals surface area (Å²) < 4.78 is 0. The standard InChI is InChI=1S/C15H22N2O2S/c1-2-3-4-5-6-10-14(19)17-15-16-12-13(20-15)9-7-8-11-18/h12,18H,2-6,8,10-11H2,1H3,(H,16,17,19). The van der Waals surface area contributed by atoms with Crippen molar-refractivity contribution in [2.75, 3.05) is 11.9 Å². The van der Waals surface area contributed by atoms with Crippen molar-refractivity contribution in [2.24, 2.45) is 0 Å². The lowest BCUT2D eigenvalue weighted by Crippen LogP contribution is -2.10. The second kappa shape index (κ2) is 10.4. The molecule has 0 aliphatic heterocycles. The van der Waals surface area contributed by atoms with Gasteiger partial charge in [-0.25, -0.2) is 4.98 Å². The van der Waals surface area contributed by atoms with Crippen molar-refractivity contribution >= 4 is 22.4 Å². The fourth-order valence-corrected chi connectivity index (χ4v) is 2.37. The van der Waals surface area contributed by atoms with E-state index in [0.717, 1.165) is 17.7 Å². The van der Waals surface area contributed by atoms with E-state index >= 15 is 0 Å². The van der Waals surface area contributed by atoms with E-state index < -0.39 is 0 Å². The molecule has 0 spiro atoms. The molecule has 0 unspecified atom stereocenters. The van der Waals surface area contributed by atoms with Crippen molar-refractivity contribution in [2.45, 2.75) is 51.9 Å². The van der Waals surface area contributed by atoms with Crippen LogP contribution in [-0.4, -0.2) is 22.6 Å². The second-order valence-electron chi connectivity index (χ2n) is 4.52. The molecule has 0 aromatic carbocycles. The van der Waals surface area contributed by atoms with Gasteiger partial charge >= 0.3 is 0 Å². The molecule has 1 rings (SSSR count). The average molecular weight is 294 g/mol. The van der Waals surface area contributed by atoms with Gasteiger partial charge in [0, 0.05) is 12.8 Å². The first-order chi connectivity index (χ1) is 9.76. The average Bonchev–Trinajstić information content (AvgIpc) is 2.86. The van der Waals surface area contributed by atoms with Crippen LogP contribution in [0.4, 0.5) is 5.13 Å². The Morgan fingerprint density at radius 2 is 2.20 bits per heavy atom. The van der Waals surface area contributed by atoms with E-state index in [1.54, 1.807) is 6.20 Å². The van der Waals surface area contributed by atoms with Gasteiger partial charge in [-0.2, -0.15) is 0 Å². The number of aliphatic hydroxyl groups is 1. The number of aromatic nitrogens is 1. The molecule has 20 heavy (non-hydrogen) atoms. The molecule has 1 aromatic rings. The Kier molecular flexibility index (Phi) is 8.68. The Morgan fingerprint density at radius 3 is 2.95 bits per heavy atom. The third kappa shape index (κ3) is 7.27. The third-order valence-corrected chi connectivity index (χ3v) is 3.54. The zero-order valence-electron chi connectivity index (χ0n) is 11.9. The third-order valence-electron chi connectivity index (χ3n) is 2.71. The van der Waals surface area contributed by atoms with Crippen LogP contribution in [-0.2, 0) is 4.79 Å². The van der Waals surface area contributed by atoms with Crippen molar-refractivity contribution in [3.8, 4) is 11.8 Å². The van der Waals surface area contributed by atoms with E-state index in [0.29, 0.717) is 18.0 Å². The topological polar surface area (TPSA) is 62.2 Å². The van der Waals surface area contributed by atoms with Crippen molar-refractivity contribution in [3.05, 3.63) is 11.1 Å². The highest BCUT2D eigenvalue weighted by molar-refractivity contribution is 7.16. The summed E-state index contributed by atoms with van der Waals surface area (Å²) in [5, 5.41) is 12.0. The number of hydrogen-bond acceptors (Lipinski definition) is 4. The number of hydrogen-bond donors (Lipinski definition) is 2. The summed E-state index contributed by atoms with van der Waals surface area (Å²) in [6.07, 6.45) is 8.34. The van der Waals surface area contributed by atoms with Crippen LogP contribution in [0, 0.1) is 11.8 Å². The minimum Gasteiger partial charge on any atom is -0.395 e. The molecule has 0 bridgehead atoms. The van der Waals surface area contributed by atoms with Crippen LogP contribution in [0.15, 0.2) is 6.20 Å². The van der Waals surface area contributed by atoms with Gasteiger partial charge in [-0.1, -0.05) is 55.8 Å². The van der Waals surface area contributed by atoms with Gasteiger partial charge in [0.15, 0.2) is 5.13 Å². The van der Waals surface area contributed by atoms with Gasteiger partial charge in [0.25, 0.3) is 0 Å². The Hall–Kier alpha value is -1.38. The number of thiazole rings is 1. The Morgan fingerprint density at radius 1 is 1.40 bits per heavy atom. The molecule has 1 heterocycles. The molecule has 1 aromatic heterocycles. The first kappa shape index (κ1) is 16.7. The highest BCUT2D eigenvalue weighted by Gasteiger charge is 2.05. The van der Waals surface area contributed by atoms with Crippen LogP contribution in [0.3, 0.4) is 0 Å². The molecule has 0 saturated carbocycles. The van der Waals surface area contributed by atoms with Gasteiger partial charge in [-0.3, -0.25) is 4.79 Å². The zero-order valence-corrected chi connectivity index (χ0v) is 12.8. The summed E-state index contributed by atoms with van der Waals surface area (Å²) in [7, 11) is 0. The quantitative estimate of drug-likeness (QED) is 0.572. The number of nitrogens with zero attached hydrogens (tertiary/aromatic N) is 1. The first-order valence-electron chi connectivity index (χ1n) is 7.11. The zero-order chi connectivity index (χ0) is 14.6. The van der Waals surface area contributed by atoms with Crippen LogP contribution in [0.25, 0.3) is 0 Å². The maximum atomic E-state index is 11.7. The molecule has 0 aliphatic rings. The number of rotatable bonds is 8. The van der Waals surface area contributed by atoms with Gasteiger partial charge in [0.1, 0.15) is 0 Å². The second-order valence-corrected chi connectivity index (χ2v) is 5.55. The van der Waals surface area contributed by atoms with Crippen molar-refractivity contribution < 1.29 is 9.90 Å². The summed E-state index contributed by atoms with van der Waals surface area (Å²) >= 11 is 1.36. The largest absolute Gasteiger partial charge is 0.395 e. The lowest BCUT2D eigenvalue weighted by Gasteiger charge is -2.01. The van der Waals surface area contributed by atoms with E-state index in [1.165, 1.54) is 30.6 Å². The van der Waals surface area contributed by atoms with E-state index in [4.69, 9.17) is 5.11 Å². The molecule has 5 heteroatoms. The van der Waals surface area contributed by atoms with Crippen LogP contribution in [0.1, 0.15) is 56.7 Å². The van der Waals surface area contributed by atoms with E-state index in [2.05, 4.69) is 29.1 Å². The highest BCUT2D eigenvalue weighted by Crippen LogP contribution is 2.17. The monoisotopic (exact) mass is 294 g/mol. The molecule has 1 amide bonds. The highest BCUT2D eigenvalue weighted by atomic mass is 32.1. The summed E-state index contributed by atoms with van der Waals surface area (Å²) in [4.78, 5) is 16.6. The number of carbonyl (C=O) groups is 1. The number of anilines is 1. The molecule has 0 radical (unpaired) electrons. The summed E-state index contributed by atoms with van der Waals surface area (Å²) in [6, 6.07) is 0. The lowest BCUT2D eigenvalue weighted by molar-refractivity contribution is -0.116. The summed E-state index contributed by atoms with van der Waals surface area (Å²) in [5.74, 6) is 5.75. The first-order valence-corrected chi connectivity index (χ1v) is 7.93. The molecular weight excluding hydrogens is 272 g/mol. The van der Waals surface area contributed by atoms with Gasteiger partial charge in [-0.05, 0) is 6.42 Å². The summed E-state index contributed by atoms with van der Waals surface area (Å²) in [6.45, 7) is 2.24. The fraction of sp³-hybridized carbons (Fsp3) is 0.600. The molecule has 0 fully saturated rings. The molecule has 0 saturated heterocycles. The van der Waals surface area contributed by atoms with Gasteiger partial charge in [0.2, 0.25) is 5.91 Å². The van der Waals surface area contributed by atoms with Crippen molar-refractivity contribution in [1.82, 2.24) is 4.98 Å². The SMILES string of the molecule is CCCCCCCC(=O)Nc1ncc(C#CCCO)s1. The fourth-order valence-electron chi connectivity index (χ4n) is 1.67. The van der Waals surface area contributed by atoms with Crippen LogP contribution >= 0.6 is 11.3 Å². The maximum absolute atomic E-state index is 11.7. The number of aliphatic hydroxyl groups excluding tert-OH is 1. The van der Waals surface area contributed by atoms with Crippen molar-refractivity contribution in [1.29, 1.82) is 0 Å². The maximum Gasteiger partial charge on any atom is 0.226 e. The van der Waals surface area contributed by atoms with Crippen LogP contribution in [0.2, 0.25) is 0 Å². The van der Waals surface area contributed by atoms with Gasteiger partial charge in [0.05, 0.1) is 17.7 Å². The van der Waals surface area contributed by atoms with Gasteiger partial charge < -0.3 is 10.4 Å². The van der Waals surface area contributed by atoms with Crippen LogP contribution in [0.5, 0.6) is 0 Å². The Bertz CT molecular complexity index is 460. The Labute approximate surface area is 124 Å². The predicted molar refractivity (Wildman–Crippen MR) is 82.7 cm³/mol. The molecule has 110 valence electrons. The van der Waals surface area contributed by atoms with Crippen molar-refractivity contribution in [3.63, 3.8) is 0 Å². The van der Waals surface area contributed by atoms with E-state index in [-0.39, 0.29) is 12.5 Å².